The van der Waals surface area contributed by atoms with E-state index in [2.05, 4.69) is 47.1 Å². The molecule has 4 heteroatoms. The van der Waals surface area contributed by atoms with Crippen LogP contribution in [0.15, 0.2) is 30.3 Å². The Labute approximate surface area is 157 Å². The molecule has 26 heavy (non-hydrogen) atoms. The molecular weight excluding hydrogens is 322 g/mol. The second kappa shape index (κ2) is 8.65. The van der Waals surface area contributed by atoms with Crippen molar-refractivity contribution in [3.05, 3.63) is 58.3 Å². The lowest BCUT2D eigenvalue weighted by molar-refractivity contribution is -0.00286. The number of aromatic nitrogens is 1. The number of aliphatic hydroxyl groups excluding tert-OH is 1. The Morgan fingerprint density at radius 2 is 1.81 bits per heavy atom. The van der Waals surface area contributed by atoms with E-state index in [4.69, 9.17) is 5.73 Å². The molecule has 2 heterocycles. The van der Waals surface area contributed by atoms with Crippen molar-refractivity contribution in [2.75, 3.05) is 18.8 Å². The van der Waals surface area contributed by atoms with Crippen LogP contribution >= 0.6 is 0 Å². The predicted molar refractivity (Wildman–Crippen MR) is 107 cm³/mol. The van der Waals surface area contributed by atoms with E-state index in [0.717, 1.165) is 38.2 Å². The number of benzene rings is 1. The molecule has 1 aromatic carbocycles. The average Bonchev–Trinajstić information content (AvgIpc) is 2.59. The number of hydrogen-bond acceptors (Lipinski definition) is 4. The fourth-order valence-electron chi connectivity index (χ4n) is 3.57. The molecule has 1 aromatic heterocycles. The Morgan fingerprint density at radius 3 is 2.46 bits per heavy atom. The number of rotatable bonds is 8. The van der Waals surface area contributed by atoms with E-state index in [9.17, 15) is 5.11 Å². The molecular formula is C22H31N3O. The molecule has 2 aromatic rings. The van der Waals surface area contributed by atoms with E-state index in [1.54, 1.807) is 0 Å². The third-order valence-electron chi connectivity index (χ3n) is 5.24. The van der Waals surface area contributed by atoms with Gasteiger partial charge in [-0.05, 0) is 48.4 Å². The summed E-state index contributed by atoms with van der Waals surface area (Å²) in [6.07, 6.45) is 5.39. The Hall–Kier alpha value is -1.91. The molecule has 0 spiro atoms. The average molecular weight is 354 g/mol. The SMILES string of the molecule is CCCCCc1cc(Cc2ccc(CN3CC(O)C3)cc2)c(C)nc1N. The molecule has 4 nitrogen and oxygen atoms in total. The number of nitrogen functional groups attached to an aromatic ring is 1. The highest BCUT2D eigenvalue weighted by atomic mass is 16.3. The van der Waals surface area contributed by atoms with Gasteiger partial charge in [-0.25, -0.2) is 4.98 Å². The summed E-state index contributed by atoms with van der Waals surface area (Å²) in [5, 5.41) is 9.38. The van der Waals surface area contributed by atoms with Crippen molar-refractivity contribution in [3.63, 3.8) is 0 Å². The van der Waals surface area contributed by atoms with Crippen molar-refractivity contribution in [2.24, 2.45) is 0 Å². The largest absolute Gasteiger partial charge is 0.390 e. The highest BCUT2D eigenvalue weighted by Crippen LogP contribution is 2.21. The Kier molecular flexibility index (Phi) is 6.28. The first-order valence-corrected chi connectivity index (χ1v) is 9.78. The lowest BCUT2D eigenvalue weighted by atomic mass is 9.98. The van der Waals surface area contributed by atoms with E-state index in [1.165, 1.54) is 41.5 Å². The van der Waals surface area contributed by atoms with Gasteiger partial charge in [0.05, 0.1) is 6.10 Å². The number of nitrogens with zero attached hydrogens (tertiary/aromatic N) is 2. The fraction of sp³-hybridized carbons (Fsp3) is 0.500. The van der Waals surface area contributed by atoms with Crippen LogP contribution in [0, 0.1) is 6.92 Å². The third-order valence-corrected chi connectivity index (χ3v) is 5.24. The molecule has 0 saturated carbocycles. The third kappa shape index (κ3) is 4.83. The summed E-state index contributed by atoms with van der Waals surface area (Å²) in [6.45, 7) is 6.76. The van der Waals surface area contributed by atoms with Crippen molar-refractivity contribution >= 4 is 5.82 Å². The topological polar surface area (TPSA) is 62.4 Å². The van der Waals surface area contributed by atoms with Crippen LogP contribution in [-0.4, -0.2) is 34.2 Å². The predicted octanol–water partition coefficient (Wildman–Crippen LogP) is 3.47. The monoisotopic (exact) mass is 353 g/mol. The van der Waals surface area contributed by atoms with Crippen LogP contribution in [0.2, 0.25) is 0 Å². The number of nitrogens with two attached hydrogens (primary N) is 1. The number of aryl methyl sites for hydroxylation is 2. The van der Waals surface area contributed by atoms with Gasteiger partial charge in [-0.15, -0.1) is 0 Å². The minimum atomic E-state index is -0.137. The smallest absolute Gasteiger partial charge is 0.126 e. The number of likely N-dealkylation sites (tertiary alicyclic amines) is 1. The van der Waals surface area contributed by atoms with E-state index in [1.807, 2.05) is 6.92 Å². The molecule has 0 aliphatic carbocycles. The summed E-state index contributed by atoms with van der Waals surface area (Å²) in [5.41, 5.74) is 12.2. The van der Waals surface area contributed by atoms with Gasteiger partial charge in [-0.3, -0.25) is 4.90 Å². The molecule has 1 fully saturated rings. The van der Waals surface area contributed by atoms with Crippen molar-refractivity contribution < 1.29 is 5.11 Å². The molecule has 1 saturated heterocycles. The molecule has 0 bridgehead atoms. The number of pyridine rings is 1. The number of unbranched alkanes of at least 4 members (excludes halogenated alkanes) is 2. The maximum Gasteiger partial charge on any atom is 0.126 e. The number of anilines is 1. The summed E-state index contributed by atoms with van der Waals surface area (Å²) >= 11 is 0. The summed E-state index contributed by atoms with van der Waals surface area (Å²) in [5.74, 6) is 0.689. The van der Waals surface area contributed by atoms with Gasteiger partial charge in [0.25, 0.3) is 0 Å². The lowest BCUT2D eigenvalue weighted by Gasteiger charge is -2.35. The van der Waals surface area contributed by atoms with Gasteiger partial charge in [-0.1, -0.05) is 50.1 Å². The van der Waals surface area contributed by atoms with Gasteiger partial charge in [-0.2, -0.15) is 0 Å². The zero-order valence-electron chi connectivity index (χ0n) is 16.0. The van der Waals surface area contributed by atoms with E-state index in [-0.39, 0.29) is 6.10 Å². The molecule has 0 amide bonds. The molecule has 1 aliphatic rings. The number of hydrogen-bond donors (Lipinski definition) is 2. The number of β-amino-alcohol motifs (C(OH)–C–C–N with tert-alkyl or cyclic N) is 1. The van der Waals surface area contributed by atoms with Gasteiger partial charge in [0.1, 0.15) is 5.82 Å². The maximum atomic E-state index is 9.38. The van der Waals surface area contributed by atoms with Crippen molar-refractivity contribution in [2.45, 2.75) is 58.6 Å². The minimum absolute atomic E-state index is 0.137. The molecule has 140 valence electrons. The summed E-state index contributed by atoms with van der Waals surface area (Å²) in [6, 6.07) is 11.1. The second-order valence-electron chi connectivity index (χ2n) is 7.58. The highest BCUT2D eigenvalue weighted by Gasteiger charge is 2.23. The van der Waals surface area contributed by atoms with Crippen LogP contribution in [0.5, 0.6) is 0 Å². The van der Waals surface area contributed by atoms with Crippen molar-refractivity contribution in [1.29, 1.82) is 0 Å². The highest BCUT2D eigenvalue weighted by molar-refractivity contribution is 5.45. The standard InChI is InChI=1S/C22H31N3O/c1-3-4-5-6-19-12-20(16(2)24-22(19)23)11-17-7-9-18(10-8-17)13-25-14-21(26)15-25/h7-10,12,21,26H,3-6,11,13-15H2,1-2H3,(H2,23,24). The summed E-state index contributed by atoms with van der Waals surface area (Å²) in [7, 11) is 0. The second-order valence-corrected chi connectivity index (χ2v) is 7.58. The first-order valence-electron chi connectivity index (χ1n) is 9.78. The summed E-state index contributed by atoms with van der Waals surface area (Å²) in [4.78, 5) is 6.84. The van der Waals surface area contributed by atoms with Gasteiger partial charge < -0.3 is 10.8 Å². The first-order chi connectivity index (χ1) is 12.5. The Morgan fingerprint density at radius 1 is 1.12 bits per heavy atom. The molecule has 0 unspecified atom stereocenters. The molecule has 3 rings (SSSR count). The molecule has 0 radical (unpaired) electrons. The quantitative estimate of drug-likeness (QED) is 0.713. The van der Waals surface area contributed by atoms with Crippen LogP contribution in [-0.2, 0) is 19.4 Å². The van der Waals surface area contributed by atoms with Crippen LogP contribution in [0.3, 0.4) is 0 Å². The number of aliphatic hydroxyl groups is 1. The molecule has 1 aliphatic heterocycles. The zero-order chi connectivity index (χ0) is 18.5. The van der Waals surface area contributed by atoms with Gasteiger partial charge in [0, 0.05) is 25.3 Å². The molecule has 3 N–H and O–H groups in total. The van der Waals surface area contributed by atoms with Crippen LogP contribution in [0.1, 0.15) is 54.1 Å². The van der Waals surface area contributed by atoms with Crippen molar-refractivity contribution in [1.82, 2.24) is 9.88 Å². The van der Waals surface area contributed by atoms with Crippen LogP contribution in [0.25, 0.3) is 0 Å². The minimum Gasteiger partial charge on any atom is -0.390 e. The van der Waals surface area contributed by atoms with E-state index >= 15 is 0 Å². The van der Waals surface area contributed by atoms with Crippen molar-refractivity contribution in [3.8, 4) is 0 Å². The van der Waals surface area contributed by atoms with Gasteiger partial charge >= 0.3 is 0 Å². The lowest BCUT2D eigenvalue weighted by Crippen LogP contribution is -2.49. The van der Waals surface area contributed by atoms with Gasteiger partial charge in [0.2, 0.25) is 0 Å². The first kappa shape index (κ1) is 18.9. The maximum absolute atomic E-state index is 9.38. The Balaban J connectivity index is 1.64. The van der Waals surface area contributed by atoms with Crippen LogP contribution < -0.4 is 5.73 Å². The zero-order valence-corrected chi connectivity index (χ0v) is 16.0. The van der Waals surface area contributed by atoms with Gasteiger partial charge in [0.15, 0.2) is 0 Å². The summed E-state index contributed by atoms with van der Waals surface area (Å²) < 4.78 is 0. The Bertz CT molecular complexity index is 721. The van der Waals surface area contributed by atoms with E-state index in [0.29, 0.717) is 5.82 Å². The van der Waals surface area contributed by atoms with Crippen LogP contribution in [0.4, 0.5) is 5.82 Å². The molecule has 0 atom stereocenters. The van der Waals surface area contributed by atoms with E-state index < -0.39 is 0 Å². The normalized spacial score (nSPS) is 15.2. The fourth-order valence-corrected chi connectivity index (χ4v) is 3.57.